The minimum atomic E-state index is -0.0544. The van der Waals surface area contributed by atoms with E-state index in [2.05, 4.69) is 4.98 Å². The Bertz CT molecular complexity index is 831. The van der Waals surface area contributed by atoms with Crippen LogP contribution in [-0.2, 0) is 6.54 Å². The van der Waals surface area contributed by atoms with Gasteiger partial charge in [0, 0.05) is 18.1 Å². The van der Waals surface area contributed by atoms with Gasteiger partial charge in [0.2, 0.25) is 0 Å². The van der Waals surface area contributed by atoms with Gasteiger partial charge in [-0.3, -0.25) is 9.78 Å². The van der Waals surface area contributed by atoms with Crippen molar-refractivity contribution in [3.8, 4) is 16.2 Å². The van der Waals surface area contributed by atoms with E-state index in [9.17, 15) is 4.79 Å². The predicted octanol–water partition coefficient (Wildman–Crippen LogP) is 4.48. The number of carbonyl (C=O) groups excluding carboxylic acids is 1. The average Bonchev–Trinajstić information content (AvgIpc) is 3.07. The topological polar surface area (TPSA) is 42.4 Å². The lowest BCUT2D eigenvalue weighted by atomic mass is 10.2. The molecule has 0 bridgehead atoms. The summed E-state index contributed by atoms with van der Waals surface area (Å²) in [5.41, 5.74) is 1.94. The molecule has 0 aliphatic rings. The second kappa shape index (κ2) is 7.94. The number of pyridine rings is 1. The fourth-order valence-corrected chi connectivity index (χ4v) is 3.61. The van der Waals surface area contributed by atoms with Crippen LogP contribution >= 0.6 is 11.3 Å². The van der Waals surface area contributed by atoms with Crippen LogP contribution in [0.1, 0.15) is 22.3 Å². The van der Waals surface area contributed by atoms with Crippen molar-refractivity contribution in [3.63, 3.8) is 0 Å². The van der Waals surface area contributed by atoms with Gasteiger partial charge in [-0.25, -0.2) is 0 Å². The van der Waals surface area contributed by atoms with Crippen LogP contribution in [0.4, 0.5) is 0 Å². The first-order valence-corrected chi connectivity index (χ1v) is 8.98. The van der Waals surface area contributed by atoms with Gasteiger partial charge in [-0.15, -0.1) is 11.3 Å². The number of thiophene rings is 1. The van der Waals surface area contributed by atoms with Crippen molar-refractivity contribution in [2.45, 2.75) is 13.5 Å². The molecule has 5 heteroatoms. The molecule has 1 amide bonds. The van der Waals surface area contributed by atoms with Gasteiger partial charge in [0.15, 0.2) is 0 Å². The van der Waals surface area contributed by atoms with E-state index in [1.807, 2.05) is 61.5 Å². The predicted molar refractivity (Wildman–Crippen MR) is 101 cm³/mol. The fraction of sp³-hybridized carbons (Fsp3) is 0.200. The highest BCUT2D eigenvalue weighted by atomic mass is 32.1. The largest absolute Gasteiger partial charge is 0.492 e. The summed E-state index contributed by atoms with van der Waals surface area (Å²) in [6, 6.07) is 17.7. The maximum atomic E-state index is 12.9. The van der Waals surface area contributed by atoms with Crippen LogP contribution in [0.15, 0.2) is 60.8 Å². The third-order valence-corrected chi connectivity index (χ3v) is 4.88. The summed E-state index contributed by atoms with van der Waals surface area (Å²) in [5.74, 6) is 0.588. The third-order valence-electron chi connectivity index (χ3n) is 3.72. The van der Waals surface area contributed by atoms with Crippen LogP contribution in [0.25, 0.3) is 10.4 Å². The average molecular weight is 352 g/mol. The molecule has 2 aromatic heterocycles. The van der Waals surface area contributed by atoms with E-state index in [-0.39, 0.29) is 5.91 Å². The van der Waals surface area contributed by atoms with Crippen LogP contribution in [0.5, 0.6) is 5.75 Å². The van der Waals surface area contributed by atoms with E-state index in [1.54, 1.807) is 18.1 Å². The monoisotopic (exact) mass is 352 g/mol. The first-order chi connectivity index (χ1) is 12.2. The molecule has 0 aliphatic carbocycles. The molecule has 0 saturated carbocycles. The number of carbonyl (C=O) groups is 1. The Morgan fingerprint density at radius 3 is 2.60 bits per heavy atom. The molecule has 3 rings (SSSR count). The molecule has 0 radical (unpaired) electrons. The van der Waals surface area contributed by atoms with Crippen molar-refractivity contribution in [2.24, 2.45) is 0 Å². The smallest absolute Gasteiger partial charge is 0.267 e. The number of nitrogens with zero attached hydrogens (tertiary/aromatic N) is 2. The second-order valence-electron chi connectivity index (χ2n) is 5.59. The zero-order chi connectivity index (χ0) is 17.6. The SMILES string of the molecule is CCOc1cc(-c2ccccc2)sc1C(=O)N(C)Cc1ccccn1. The first kappa shape index (κ1) is 17.2. The standard InChI is InChI=1S/C20H20N2O2S/c1-3-24-17-13-18(15-9-5-4-6-10-15)25-19(17)20(23)22(2)14-16-11-7-8-12-21-16/h4-13H,3,14H2,1-2H3. The highest BCUT2D eigenvalue weighted by Crippen LogP contribution is 2.37. The Labute approximate surface area is 151 Å². The molecule has 0 unspecified atom stereocenters. The Morgan fingerprint density at radius 2 is 1.92 bits per heavy atom. The molecule has 0 aliphatic heterocycles. The molecule has 0 fully saturated rings. The summed E-state index contributed by atoms with van der Waals surface area (Å²) >= 11 is 1.46. The van der Waals surface area contributed by atoms with Gasteiger partial charge in [-0.1, -0.05) is 36.4 Å². The highest BCUT2D eigenvalue weighted by molar-refractivity contribution is 7.17. The summed E-state index contributed by atoms with van der Waals surface area (Å²) in [5, 5.41) is 0. The van der Waals surface area contributed by atoms with E-state index >= 15 is 0 Å². The van der Waals surface area contributed by atoms with Gasteiger partial charge in [0.1, 0.15) is 10.6 Å². The van der Waals surface area contributed by atoms with Crippen LogP contribution in [0.3, 0.4) is 0 Å². The summed E-state index contributed by atoms with van der Waals surface area (Å²) in [4.78, 5) is 20.5. The van der Waals surface area contributed by atoms with Crippen molar-refractivity contribution in [3.05, 3.63) is 71.4 Å². The first-order valence-electron chi connectivity index (χ1n) is 8.16. The van der Waals surface area contributed by atoms with Gasteiger partial charge < -0.3 is 9.64 Å². The molecule has 0 N–H and O–H groups in total. The van der Waals surface area contributed by atoms with Gasteiger partial charge in [0.05, 0.1) is 18.8 Å². The van der Waals surface area contributed by atoms with Crippen molar-refractivity contribution < 1.29 is 9.53 Å². The van der Waals surface area contributed by atoms with Crippen LogP contribution in [0, 0.1) is 0 Å². The van der Waals surface area contributed by atoms with Crippen molar-refractivity contribution >= 4 is 17.2 Å². The number of benzene rings is 1. The maximum Gasteiger partial charge on any atom is 0.267 e. The minimum absolute atomic E-state index is 0.0544. The highest BCUT2D eigenvalue weighted by Gasteiger charge is 2.21. The third kappa shape index (κ3) is 4.06. The van der Waals surface area contributed by atoms with Gasteiger partial charge in [-0.05, 0) is 30.7 Å². The number of hydrogen-bond donors (Lipinski definition) is 0. The molecule has 25 heavy (non-hydrogen) atoms. The zero-order valence-electron chi connectivity index (χ0n) is 14.3. The fourth-order valence-electron chi connectivity index (χ4n) is 2.51. The van der Waals surface area contributed by atoms with Crippen LogP contribution < -0.4 is 4.74 Å². The summed E-state index contributed by atoms with van der Waals surface area (Å²) in [6.45, 7) is 2.91. The van der Waals surface area contributed by atoms with Gasteiger partial charge in [0.25, 0.3) is 5.91 Å². The van der Waals surface area contributed by atoms with Gasteiger partial charge >= 0.3 is 0 Å². The van der Waals surface area contributed by atoms with Crippen molar-refractivity contribution in [1.82, 2.24) is 9.88 Å². The molecule has 0 saturated heterocycles. The summed E-state index contributed by atoms with van der Waals surface area (Å²) in [7, 11) is 1.79. The molecule has 128 valence electrons. The molecule has 3 aromatic rings. The summed E-state index contributed by atoms with van der Waals surface area (Å²) < 4.78 is 5.71. The van der Waals surface area contributed by atoms with E-state index in [0.717, 1.165) is 16.1 Å². The Hall–Kier alpha value is -2.66. The van der Waals surface area contributed by atoms with Crippen molar-refractivity contribution in [2.75, 3.05) is 13.7 Å². The van der Waals surface area contributed by atoms with E-state index in [0.29, 0.717) is 23.8 Å². The summed E-state index contributed by atoms with van der Waals surface area (Å²) in [6.07, 6.45) is 1.73. The molecule has 0 spiro atoms. The molecule has 4 nitrogen and oxygen atoms in total. The Morgan fingerprint density at radius 1 is 1.16 bits per heavy atom. The second-order valence-corrected chi connectivity index (χ2v) is 6.64. The molecule has 0 atom stereocenters. The number of rotatable bonds is 6. The maximum absolute atomic E-state index is 12.9. The molecule has 1 aromatic carbocycles. The minimum Gasteiger partial charge on any atom is -0.492 e. The van der Waals surface area contributed by atoms with Crippen LogP contribution in [0.2, 0.25) is 0 Å². The normalized spacial score (nSPS) is 10.5. The lowest BCUT2D eigenvalue weighted by molar-refractivity contribution is 0.0784. The molecule has 2 heterocycles. The Balaban J connectivity index is 1.86. The number of aromatic nitrogens is 1. The lowest BCUT2D eigenvalue weighted by Crippen LogP contribution is -2.26. The van der Waals surface area contributed by atoms with E-state index < -0.39 is 0 Å². The zero-order valence-corrected chi connectivity index (χ0v) is 15.1. The number of hydrogen-bond acceptors (Lipinski definition) is 4. The lowest BCUT2D eigenvalue weighted by Gasteiger charge is -2.16. The molecular formula is C20H20N2O2S. The van der Waals surface area contributed by atoms with E-state index in [1.165, 1.54) is 11.3 Å². The Kier molecular flexibility index (Phi) is 5.46. The quantitative estimate of drug-likeness (QED) is 0.657. The number of amides is 1. The number of ether oxygens (including phenoxy) is 1. The van der Waals surface area contributed by atoms with Crippen LogP contribution in [-0.4, -0.2) is 29.4 Å². The van der Waals surface area contributed by atoms with Gasteiger partial charge in [-0.2, -0.15) is 0 Å². The molecular weight excluding hydrogens is 332 g/mol. The van der Waals surface area contributed by atoms with Crippen molar-refractivity contribution in [1.29, 1.82) is 0 Å². The van der Waals surface area contributed by atoms with E-state index in [4.69, 9.17) is 4.74 Å².